The lowest BCUT2D eigenvalue weighted by atomic mass is 9.52. The third-order valence-corrected chi connectivity index (χ3v) is 4.20. The molecular formula is C12H18O2. The molecule has 0 aliphatic heterocycles. The number of hydrogen-bond acceptors (Lipinski definition) is 2. The Kier molecular flexibility index (Phi) is 2.06. The first kappa shape index (κ1) is 9.88. The van der Waals surface area contributed by atoms with E-state index in [9.17, 15) is 9.59 Å². The third-order valence-electron chi connectivity index (χ3n) is 4.20. The van der Waals surface area contributed by atoms with Gasteiger partial charge in [-0.15, -0.1) is 0 Å². The summed E-state index contributed by atoms with van der Waals surface area (Å²) in [5, 5.41) is 0. The minimum atomic E-state index is 0.154. The van der Waals surface area contributed by atoms with Gasteiger partial charge >= 0.3 is 0 Å². The highest BCUT2D eigenvalue weighted by Crippen LogP contribution is 2.53. The standard InChI is InChI=1S/C12H18O2/c1-7(13)9-4-8-6-12(2,3)10(9)5-11(8)14/h8-10H,4-6H2,1-3H3/t8-,9+,10-/m1/s1. The number of carbonyl (C=O) groups excluding carboxylic acids is 2. The predicted molar refractivity (Wildman–Crippen MR) is 53.8 cm³/mol. The first-order valence-electron chi connectivity index (χ1n) is 5.45. The van der Waals surface area contributed by atoms with Crippen molar-refractivity contribution in [1.82, 2.24) is 0 Å². The Morgan fingerprint density at radius 1 is 1.43 bits per heavy atom. The van der Waals surface area contributed by atoms with Gasteiger partial charge in [-0.3, -0.25) is 9.59 Å². The molecule has 3 aliphatic rings. The van der Waals surface area contributed by atoms with E-state index in [-0.39, 0.29) is 23.0 Å². The number of Topliss-reactive ketones (excluding diaryl/α,β-unsaturated/α-hetero) is 2. The quantitative estimate of drug-likeness (QED) is 0.641. The van der Waals surface area contributed by atoms with Gasteiger partial charge in [-0.25, -0.2) is 0 Å². The van der Waals surface area contributed by atoms with E-state index in [0.717, 1.165) is 12.8 Å². The molecule has 0 N–H and O–H groups in total. The summed E-state index contributed by atoms with van der Waals surface area (Å²) >= 11 is 0. The molecule has 78 valence electrons. The Morgan fingerprint density at radius 2 is 2.07 bits per heavy atom. The van der Waals surface area contributed by atoms with Crippen LogP contribution in [0.1, 0.15) is 40.0 Å². The molecule has 0 spiro atoms. The van der Waals surface area contributed by atoms with Crippen LogP contribution in [-0.2, 0) is 9.59 Å². The van der Waals surface area contributed by atoms with Crippen LogP contribution in [-0.4, -0.2) is 11.6 Å². The Labute approximate surface area is 85.1 Å². The molecule has 0 aromatic rings. The van der Waals surface area contributed by atoms with Crippen LogP contribution in [0.4, 0.5) is 0 Å². The molecule has 3 aliphatic carbocycles. The molecule has 0 heterocycles. The van der Waals surface area contributed by atoms with Gasteiger partial charge in [0, 0.05) is 18.3 Å². The van der Waals surface area contributed by atoms with Crippen LogP contribution in [0.2, 0.25) is 0 Å². The van der Waals surface area contributed by atoms with Crippen molar-refractivity contribution in [3.63, 3.8) is 0 Å². The van der Waals surface area contributed by atoms with Crippen molar-refractivity contribution in [3.8, 4) is 0 Å². The fraction of sp³-hybridized carbons (Fsp3) is 0.833. The number of hydrogen-bond donors (Lipinski definition) is 0. The minimum Gasteiger partial charge on any atom is -0.300 e. The summed E-state index contributed by atoms with van der Waals surface area (Å²) in [6.07, 6.45) is 2.45. The number of rotatable bonds is 1. The summed E-state index contributed by atoms with van der Waals surface area (Å²) in [7, 11) is 0. The molecule has 0 amide bonds. The summed E-state index contributed by atoms with van der Waals surface area (Å²) in [6.45, 7) is 6.07. The normalized spacial score (nSPS) is 39.9. The second-order valence-electron chi connectivity index (χ2n) is 5.62. The highest BCUT2D eigenvalue weighted by atomic mass is 16.1. The van der Waals surface area contributed by atoms with Crippen molar-refractivity contribution >= 4 is 11.6 Å². The summed E-state index contributed by atoms with van der Waals surface area (Å²) in [6, 6.07) is 0. The third kappa shape index (κ3) is 1.32. The van der Waals surface area contributed by atoms with Gasteiger partial charge in [0.05, 0.1) is 0 Å². The van der Waals surface area contributed by atoms with Crippen molar-refractivity contribution in [3.05, 3.63) is 0 Å². The van der Waals surface area contributed by atoms with Crippen LogP contribution in [0, 0.1) is 23.2 Å². The van der Waals surface area contributed by atoms with Gasteiger partial charge < -0.3 is 0 Å². The van der Waals surface area contributed by atoms with Gasteiger partial charge in [0.2, 0.25) is 0 Å². The molecule has 0 aromatic heterocycles. The van der Waals surface area contributed by atoms with Gasteiger partial charge in [-0.05, 0) is 31.1 Å². The lowest BCUT2D eigenvalue weighted by molar-refractivity contribution is -0.145. The van der Waals surface area contributed by atoms with Gasteiger partial charge in [0.1, 0.15) is 11.6 Å². The van der Waals surface area contributed by atoms with Crippen LogP contribution in [0.5, 0.6) is 0 Å². The Morgan fingerprint density at radius 3 is 2.57 bits per heavy atom. The first-order valence-corrected chi connectivity index (χ1v) is 5.45. The molecule has 0 unspecified atom stereocenters. The summed E-state index contributed by atoms with van der Waals surface area (Å²) in [5.41, 5.74) is 0.188. The Bertz CT molecular complexity index is 291. The van der Waals surface area contributed by atoms with Crippen molar-refractivity contribution < 1.29 is 9.59 Å². The van der Waals surface area contributed by atoms with Crippen LogP contribution >= 0.6 is 0 Å². The molecular weight excluding hydrogens is 176 g/mol. The van der Waals surface area contributed by atoms with Crippen LogP contribution in [0.15, 0.2) is 0 Å². The zero-order valence-corrected chi connectivity index (χ0v) is 9.17. The number of ketones is 2. The highest BCUT2D eigenvalue weighted by Gasteiger charge is 2.51. The molecule has 3 saturated carbocycles. The average molecular weight is 194 g/mol. The molecule has 2 heteroatoms. The second-order valence-corrected chi connectivity index (χ2v) is 5.62. The minimum absolute atomic E-state index is 0.154. The smallest absolute Gasteiger partial charge is 0.136 e. The fourth-order valence-corrected chi connectivity index (χ4v) is 3.38. The van der Waals surface area contributed by atoms with Crippen molar-refractivity contribution in [1.29, 1.82) is 0 Å². The van der Waals surface area contributed by atoms with Crippen LogP contribution in [0.3, 0.4) is 0 Å². The number of carbonyl (C=O) groups is 2. The van der Waals surface area contributed by atoms with Gasteiger partial charge in [0.15, 0.2) is 0 Å². The van der Waals surface area contributed by atoms with Crippen molar-refractivity contribution in [2.24, 2.45) is 23.2 Å². The maximum atomic E-state index is 11.6. The van der Waals surface area contributed by atoms with Gasteiger partial charge in [0.25, 0.3) is 0 Å². The van der Waals surface area contributed by atoms with E-state index in [1.807, 2.05) is 0 Å². The molecule has 0 radical (unpaired) electrons. The van der Waals surface area contributed by atoms with E-state index in [1.54, 1.807) is 6.92 Å². The molecule has 2 bridgehead atoms. The molecule has 2 nitrogen and oxygen atoms in total. The summed E-state index contributed by atoms with van der Waals surface area (Å²) in [5.74, 6) is 1.30. The summed E-state index contributed by atoms with van der Waals surface area (Å²) in [4.78, 5) is 23.1. The second kappa shape index (κ2) is 2.91. The highest BCUT2D eigenvalue weighted by molar-refractivity contribution is 5.87. The molecule has 0 saturated heterocycles. The summed E-state index contributed by atoms with van der Waals surface area (Å²) < 4.78 is 0. The maximum Gasteiger partial charge on any atom is 0.136 e. The monoisotopic (exact) mass is 194 g/mol. The topological polar surface area (TPSA) is 34.1 Å². The Balaban J connectivity index is 2.30. The van der Waals surface area contributed by atoms with Crippen LogP contribution in [0.25, 0.3) is 0 Å². The van der Waals surface area contributed by atoms with E-state index in [0.29, 0.717) is 18.1 Å². The molecule has 3 fully saturated rings. The van der Waals surface area contributed by atoms with E-state index in [1.165, 1.54) is 0 Å². The SMILES string of the molecule is CC(=O)[C@@H]1C[C@@H]2CC(C)(C)[C@@H]1CC2=O. The Hall–Kier alpha value is -0.660. The molecule has 3 rings (SSSR count). The first-order chi connectivity index (χ1) is 6.42. The van der Waals surface area contributed by atoms with Crippen molar-refractivity contribution in [2.45, 2.75) is 40.0 Å². The zero-order valence-electron chi connectivity index (χ0n) is 9.17. The van der Waals surface area contributed by atoms with E-state index in [4.69, 9.17) is 0 Å². The molecule has 3 atom stereocenters. The fourth-order valence-electron chi connectivity index (χ4n) is 3.38. The average Bonchev–Trinajstić information content (AvgIpc) is 2.05. The lowest BCUT2D eigenvalue weighted by Crippen LogP contribution is -2.50. The van der Waals surface area contributed by atoms with Gasteiger partial charge in [-0.2, -0.15) is 0 Å². The predicted octanol–water partition coefficient (Wildman–Crippen LogP) is 2.22. The lowest BCUT2D eigenvalue weighted by Gasteiger charge is -2.50. The largest absolute Gasteiger partial charge is 0.300 e. The van der Waals surface area contributed by atoms with E-state index in [2.05, 4.69) is 13.8 Å². The van der Waals surface area contributed by atoms with Gasteiger partial charge in [-0.1, -0.05) is 13.8 Å². The van der Waals surface area contributed by atoms with Crippen molar-refractivity contribution in [2.75, 3.05) is 0 Å². The van der Waals surface area contributed by atoms with E-state index < -0.39 is 0 Å². The van der Waals surface area contributed by atoms with Crippen LogP contribution < -0.4 is 0 Å². The number of fused-ring (bicyclic) bond motifs is 3. The maximum absolute atomic E-state index is 11.6. The molecule has 0 aromatic carbocycles. The van der Waals surface area contributed by atoms with E-state index >= 15 is 0 Å². The zero-order chi connectivity index (χ0) is 10.5. The molecule has 14 heavy (non-hydrogen) atoms.